The molecule has 0 atom stereocenters. The molecule has 0 saturated heterocycles. The Kier molecular flexibility index (Phi) is 10.6. The molecule has 2 aromatic carbocycles. The summed E-state index contributed by atoms with van der Waals surface area (Å²) < 4.78 is 23.9. The number of nitrogens with zero attached hydrogens (tertiary/aromatic N) is 3. The number of nitrogens with two attached hydrogens (primary N) is 1. The number of carbonyl (C=O) groups excluding carboxylic acids is 1. The fourth-order valence-corrected chi connectivity index (χ4v) is 2.23. The van der Waals surface area contributed by atoms with Gasteiger partial charge in [0.1, 0.15) is 0 Å². The summed E-state index contributed by atoms with van der Waals surface area (Å²) in [5, 5.41) is 10.9. The Morgan fingerprint density at radius 1 is 1.10 bits per heavy atom. The van der Waals surface area contributed by atoms with Crippen LogP contribution in [0.2, 0.25) is 0 Å². The molecule has 0 aromatic heterocycles. The molecule has 160 valence electrons. The van der Waals surface area contributed by atoms with Gasteiger partial charge in [-0.15, -0.1) is 0 Å². The highest BCUT2D eigenvalue weighted by Crippen LogP contribution is 2.16. The number of hydrogen-bond donors (Lipinski definition) is 2. The number of alkyl halides is 2. The molecule has 2 rings (SSSR count). The van der Waals surface area contributed by atoms with Gasteiger partial charge in [-0.05, 0) is 38.0 Å². The predicted molar refractivity (Wildman–Crippen MR) is 117 cm³/mol. The van der Waals surface area contributed by atoms with Gasteiger partial charge in [-0.1, -0.05) is 55.0 Å². The number of halogens is 2. The van der Waals surface area contributed by atoms with E-state index in [1.807, 2.05) is 25.3 Å². The topological polar surface area (TPSA) is 92.2 Å². The summed E-state index contributed by atoms with van der Waals surface area (Å²) in [6.45, 7) is 6.02. The van der Waals surface area contributed by atoms with Crippen molar-refractivity contribution in [2.75, 3.05) is 7.05 Å². The number of nitrogens with one attached hydrogen (secondary N) is 1. The van der Waals surface area contributed by atoms with E-state index in [1.54, 1.807) is 31.3 Å². The molecule has 0 bridgehead atoms. The van der Waals surface area contributed by atoms with Crippen LogP contribution in [0.3, 0.4) is 0 Å². The molecule has 6 nitrogen and oxygen atoms in total. The van der Waals surface area contributed by atoms with Gasteiger partial charge in [0.25, 0.3) is 12.3 Å². The van der Waals surface area contributed by atoms with E-state index < -0.39 is 18.2 Å². The summed E-state index contributed by atoms with van der Waals surface area (Å²) >= 11 is 0. The van der Waals surface area contributed by atoms with Crippen molar-refractivity contribution in [3.63, 3.8) is 0 Å². The van der Waals surface area contributed by atoms with Crippen molar-refractivity contribution in [3.05, 3.63) is 76.9 Å². The molecular formula is C22H27F2N5O. The van der Waals surface area contributed by atoms with Crippen LogP contribution in [-0.2, 0) is 6.42 Å². The van der Waals surface area contributed by atoms with Crippen molar-refractivity contribution < 1.29 is 13.6 Å². The molecule has 0 aliphatic heterocycles. The molecule has 0 radical (unpaired) electrons. The SMILES string of the molecule is C/C=C(\N=NC)c1ccc(C)cc1.CCc1ccc(C(=O)N/N=C(\N)C(F)F)cc1. The van der Waals surface area contributed by atoms with Crippen LogP contribution in [0.5, 0.6) is 0 Å². The molecule has 0 heterocycles. The zero-order valence-electron chi connectivity index (χ0n) is 17.6. The quantitative estimate of drug-likeness (QED) is 0.302. The van der Waals surface area contributed by atoms with Gasteiger partial charge in [-0.3, -0.25) is 4.79 Å². The molecule has 3 N–H and O–H groups in total. The minimum atomic E-state index is -2.88. The van der Waals surface area contributed by atoms with Gasteiger partial charge in [-0.2, -0.15) is 15.3 Å². The summed E-state index contributed by atoms with van der Waals surface area (Å²) in [5.41, 5.74) is 11.5. The van der Waals surface area contributed by atoms with Gasteiger partial charge in [0.05, 0.1) is 5.70 Å². The van der Waals surface area contributed by atoms with Crippen LogP contribution in [0.25, 0.3) is 5.70 Å². The van der Waals surface area contributed by atoms with Crippen LogP contribution in [0.1, 0.15) is 40.9 Å². The zero-order valence-corrected chi connectivity index (χ0v) is 17.6. The van der Waals surface area contributed by atoms with Gasteiger partial charge < -0.3 is 5.73 Å². The number of amidine groups is 1. The van der Waals surface area contributed by atoms with Crippen LogP contribution in [0.4, 0.5) is 8.78 Å². The normalized spacial score (nSPS) is 12.0. The summed E-state index contributed by atoms with van der Waals surface area (Å²) in [6.07, 6.45) is -0.0615. The first-order valence-electron chi connectivity index (χ1n) is 9.36. The van der Waals surface area contributed by atoms with E-state index in [4.69, 9.17) is 5.73 Å². The van der Waals surface area contributed by atoms with Crippen molar-refractivity contribution in [1.82, 2.24) is 5.43 Å². The molecule has 2 aromatic rings. The van der Waals surface area contributed by atoms with E-state index in [0.29, 0.717) is 5.56 Å². The number of hydrazone groups is 1. The molecular weight excluding hydrogens is 388 g/mol. The largest absolute Gasteiger partial charge is 0.381 e. The third kappa shape index (κ3) is 8.30. The van der Waals surface area contributed by atoms with E-state index in [0.717, 1.165) is 23.2 Å². The maximum Gasteiger partial charge on any atom is 0.296 e. The lowest BCUT2D eigenvalue weighted by Gasteiger charge is -2.02. The molecule has 8 heteroatoms. The smallest absolute Gasteiger partial charge is 0.296 e. The predicted octanol–water partition coefficient (Wildman–Crippen LogP) is 4.95. The standard InChI is InChI=1S/C11H13F2N3O.C11H14N2/c1-2-7-3-5-8(6-4-7)11(17)16-15-10(14)9(12)13;1-4-11(13-12-3)10-7-5-9(2)6-8-10/h3-6,9H,2H2,1H3,(H2,14,15)(H,16,17);4-8H,1-3H3/b;11-4-,13-12?. The number of rotatable bonds is 6. The number of carbonyl (C=O) groups is 1. The minimum absolute atomic E-state index is 0.341. The van der Waals surface area contributed by atoms with Gasteiger partial charge in [0, 0.05) is 18.2 Å². The summed E-state index contributed by atoms with van der Waals surface area (Å²) in [4.78, 5) is 11.5. The number of azo groups is 1. The maximum absolute atomic E-state index is 12.0. The van der Waals surface area contributed by atoms with Gasteiger partial charge in [0.15, 0.2) is 5.84 Å². The number of hydrogen-bond acceptors (Lipinski definition) is 4. The van der Waals surface area contributed by atoms with Crippen LogP contribution in [0.15, 0.2) is 69.9 Å². The van der Waals surface area contributed by atoms with E-state index in [2.05, 4.69) is 46.5 Å². The van der Waals surface area contributed by atoms with Gasteiger partial charge in [0.2, 0.25) is 0 Å². The van der Waals surface area contributed by atoms with Crippen LogP contribution >= 0.6 is 0 Å². The Balaban J connectivity index is 0.000000311. The Hall–Kier alpha value is -3.42. The first-order chi connectivity index (χ1) is 14.3. The Morgan fingerprint density at radius 2 is 1.67 bits per heavy atom. The highest BCUT2D eigenvalue weighted by Gasteiger charge is 2.09. The van der Waals surface area contributed by atoms with Crippen molar-refractivity contribution in [1.29, 1.82) is 0 Å². The van der Waals surface area contributed by atoms with Crippen LogP contribution in [0, 0.1) is 6.92 Å². The average molecular weight is 415 g/mol. The highest BCUT2D eigenvalue weighted by atomic mass is 19.3. The number of amides is 1. The lowest BCUT2D eigenvalue weighted by Crippen LogP contribution is -2.27. The first-order valence-corrected chi connectivity index (χ1v) is 9.36. The van der Waals surface area contributed by atoms with Gasteiger partial charge >= 0.3 is 0 Å². The monoisotopic (exact) mass is 415 g/mol. The van der Waals surface area contributed by atoms with E-state index in [-0.39, 0.29) is 0 Å². The number of allylic oxidation sites excluding steroid dienone is 1. The van der Waals surface area contributed by atoms with Crippen molar-refractivity contribution >= 4 is 17.4 Å². The fraction of sp³-hybridized carbons (Fsp3) is 0.273. The van der Waals surface area contributed by atoms with Gasteiger partial charge in [-0.25, -0.2) is 14.2 Å². The zero-order chi connectivity index (χ0) is 22.5. The lowest BCUT2D eigenvalue weighted by atomic mass is 10.1. The first kappa shape index (κ1) is 24.6. The summed E-state index contributed by atoms with van der Waals surface area (Å²) in [5.74, 6) is -1.49. The molecule has 0 unspecified atom stereocenters. The van der Waals surface area contributed by atoms with Crippen molar-refractivity contribution in [2.45, 2.75) is 33.6 Å². The van der Waals surface area contributed by atoms with Crippen LogP contribution < -0.4 is 11.2 Å². The third-order valence-electron chi connectivity index (χ3n) is 3.96. The summed E-state index contributed by atoms with van der Waals surface area (Å²) in [7, 11) is 1.68. The van der Waals surface area contributed by atoms with Crippen molar-refractivity contribution in [3.8, 4) is 0 Å². The Morgan fingerprint density at radius 3 is 2.13 bits per heavy atom. The van der Waals surface area contributed by atoms with Crippen molar-refractivity contribution in [2.24, 2.45) is 21.1 Å². The molecule has 1 amide bonds. The molecule has 0 fully saturated rings. The Bertz CT molecular complexity index is 889. The molecule has 0 spiro atoms. The number of aryl methyl sites for hydroxylation is 2. The van der Waals surface area contributed by atoms with E-state index in [9.17, 15) is 13.6 Å². The molecule has 30 heavy (non-hydrogen) atoms. The lowest BCUT2D eigenvalue weighted by molar-refractivity contribution is 0.0954. The number of benzene rings is 2. The minimum Gasteiger partial charge on any atom is -0.381 e. The average Bonchev–Trinajstić information content (AvgIpc) is 2.76. The van der Waals surface area contributed by atoms with E-state index >= 15 is 0 Å². The third-order valence-corrected chi connectivity index (χ3v) is 3.96. The molecule has 0 aliphatic rings. The molecule has 0 aliphatic carbocycles. The fourth-order valence-electron chi connectivity index (χ4n) is 2.23. The Labute approximate surface area is 175 Å². The van der Waals surface area contributed by atoms with Crippen LogP contribution in [-0.4, -0.2) is 25.2 Å². The second-order valence-electron chi connectivity index (χ2n) is 6.17. The second-order valence-corrected chi connectivity index (χ2v) is 6.17. The highest BCUT2D eigenvalue weighted by molar-refractivity contribution is 5.95. The van der Waals surface area contributed by atoms with E-state index in [1.165, 1.54) is 5.56 Å². The summed E-state index contributed by atoms with van der Waals surface area (Å²) in [6, 6.07) is 15.0. The molecule has 0 saturated carbocycles. The second kappa shape index (κ2) is 12.9. The maximum atomic E-state index is 12.0.